The zero-order valence-electron chi connectivity index (χ0n) is 10.2. The van der Waals surface area contributed by atoms with E-state index in [0.29, 0.717) is 11.3 Å². The Balaban J connectivity index is 2.69. The summed E-state index contributed by atoms with van der Waals surface area (Å²) < 4.78 is 26.4. The van der Waals surface area contributed by atoms with Crippen LogP contribution in [0.25, 0.3) is 0 Å². The third-order valence-corrected chi connectivity index (χ3v) is 3.00. The van der Waals surface area contributed by atoms with E-state index in [1.807, 2.05) is 0 Å². The quantitative estimate of drug-likeness (QED) is 0.758. The van der Waals surface area contributed by atoms with Gasteiger partial charge in [0.2, 0.25) is 10.0 Å². The second kappa shape index (κ2) is 5.83. The first-order valence-corrected chi connectivity index (χ1v) is 6.97. The molecule has 0 aliphatic heterocycles. The molecular weight excluding hydrogens is 256 g/mol. The number of primary sulfonamides is 1. The Kier molecular flexibility index (Phi) is 4.69. The maximum Gasteiger partial charge on any atom is 0.327 e. The molecule has 1 unspecified atom stereocenters. The summed E-state index contributed by atoms with van der Waals surface area (Å²) in [5.41, 5.74) is 1.29. The monoisotopic (exact) mass is 272 g/mol. The van der Waals surface area contributed by atoms with Crippen LogP contribution in [0.1, 0.15) is 12.5 Å². The molecule has 0 saturated heterocycles. The summed E-state index contributed by atoms with van der Waals surface area (Å²) in [4.78, 5) is 11.2. The number of benzene rings is 1. The Hall–Kier alpha value is -1.60. The Labute approximate surface area is 106 Å². The average Bonchev–Trinajstić information content (AvgIpc) is 2.28. The van der Waals surface area contributed by atoms with Crippen LogP contribution in [0.5, 0.6) is 0 Å². The molecule has 0 saturated carbocycles. The fourth-order valence-corrected chi connectivity index (χ4v) is 2.07. The number of nitrogens with one attached hydrogen (secondary N) is 1. The Bertz CT molecular complexity index is 510. The molecule has 0 bridgehead atoms. The molecular formula is C11H16N2O4S. The fraction of sp³-hybridized carbons (Fsp3) is 0.364. The zero-order valence-corrected chi connectivity index (χ0v) is 11.0. The second-order valence-corrected chi connectivity index (χ2v) is 5.51. The molecule has 6 nitrogen and oxygen atoms in total. The third kappa shape index (κ3) is 4.72. The molecule has 3 N–H and O–H groups in total. The number of rotatable bonds is 5. The molecule has 0 aliphatic rings. The maximum absolute atomic E-state index is 11.2. The highest BCUT2D eigenvalue weighted by atomic mass is 32.2. The van der Waals surface area contributed by atoms with Gasteiger partial charge in [-0.25, -0.2) is 18.4 Å². The van der Waals surface area contributed by atoms with Crippen LogP contribution in [-0.4, -0.2) is 27.5 Å². The van der Waals surface area contributed by atoms with Gasteiger partial charge in [0, 0.05) is 5.69 Å². The topological polar surface area (TPSA) is 98.5 Å². The second-order valence-electron chi connectivity index (χ2n) is 3.89. The summed E-state index contributed by atoms with van der Waals surface area (Å²) in [6, 6.07) is 6.16. The lowest BCUT2D eigenvalue weighted by atomic mass is 10.2. The number of hydrogen-bond acceptors (Lipinski definition) is 5. The highest BCUT2D eigenvalue weighted by molar-refractivity contribution is 7.88. The molecule has 7 heteroatoms. The van der Waals surface area contributed by atoms with Crippen molar-refractivity contribution in [1.29, 1.82) is 0 Å². The predicted octanol–water partition coefficient (Wildman–Crippen LogP) is 0.449. The van der Waals surface area contributed by atoms with E-state index in [2.05, 4.69) is 10.1 Å². The van der Waals surface area contributed by atoms with Gasteiger partial charge in [-0.3, -0.25) is 0 Å². The van der Waals surface area contributed by atoms with E-state index in [4.69, 9.17) is 5.14 Å². The molecule has 1 rings (SSSR count). The lowest BCUT2D eigenvalue weighted by Crippen LogP contribution is -2.27. The molecule has 0 fully saturated rings. The third-order valence-electron chi connectivity index (χ3n) is 2.26. The normalized spacial score (nSPS) is 12.8. The van der Waals surface area contributed by atoms with Crippen molar-refractivity contribution >= 4 is 21.7 Å². The Morgan fingerprint density at radius 1 is 1.39 bits per heavy atom. The van der Waals surface area contributed by atoms with Crippen LogP contribution in [0.2, 0.25) is 0 Å². The van der Waals surface area contributed by atoms with Gasteiger partial charge in [-0.05, 0) is 24.6 Å². The van der Waals surface area contributed by atoms with Crippen LogP contribution in [-0.2, 0) is 25.3 Å². The predicted molar refractivity (Wildman–Crippen MR) is 68.4 cm³/mol. The molecule has 0 radical (unpaired) electrons. The van der Waals surface area contributed by atoms with Crippen molar-refractivity contribution in [2.45, 2.75) is 18.7 Å². The first-order chi connectivity index (χ1) is 8.31. The number of methoxy groups -OCH3 is 1. The van der Waals surface area contributed by atoms with Crippen molar-refractivity contribution in [3.8, 4) is 0 Å². The van der Waals surface area contributed by atoms with E-state index in [-0.39, 0.29) is 11.7 Å². The van der Waals surface area contributed by atoms with E-state index < -0.39 is 16.1 Å². The van der Waals surface area contributed by atoms with Gasteiger partial charge in [-0.2, -0.15) is 0 Å². The number of esters is 1. The van der Waals surface area contributed by atoms with Crippen molar-refractivity contribution in [2.24, 2.45) is 5.14 Å². The van der Waals surface area contributed by atoms with Gasteiger partial charge in [0.1, 0.15) is 6.04 Å². The lowest BCUT2D eigenvalue weighted by Gasteiger charge is -2.13. The van der Waals surface area contributed by atoms with Crippen molar-refractivity contribution in [2.75, 3.05) is 12.4 Å². The summed E-state index contributed by atoms with van der Waals surface area (Å²) >= 11 is 0. The highest BCUT2D eigenvalue weighted by Gasteiger charge is 2.12. The molecule has 1 atom stereocenters. The summed E-state index contributed by atoms with van der Waals surface area (Å²) in [7, 11) is -2.21. The van der Waals surface area contributed by atoms with Crippen molar-refractivity contribution in [3.05, 3.63) is 29.8 Å². The minimum Gasteiger partial charge on any atom is -0.467 e. The number of ether oxygens (including phenoxy) is 1. The van der Waals surface area contributed by atoms with Gasteiger partial charge in [0.05, 0.1) is 12.9 Å². The molecule has 18 heavy (non-hydrogen) atoms. The van der Waals surface area contributed by atoms with Crippen molar-refractivity contribution in [3.63, 3.8) is 0 Å². The van der Waals surface area contributed by atoms with Crippen LogP contribution in [0.15, 0.2) is 24.3 Å². The molecule has 0 aromatic heterocycles. The highest BCUT2D eigenvalue weighted by Crippen LogP contribution is 2.12. The number of carbonyl (C=O) groups is 1. The van der Waals surface area contributed by atoms with E-state index in [1.54, 1.807) is 31.2 Å². The van der Waals surface area contributed by atoms with Gasteiger partial charge < -0.3 is 10.1 Å². The molecule has 1 aromatic carbocycles. The zero-order chi connectivity index (χ0) is 13.8. The first kappa shape index (κ1) is 14.5. The molecule has 0 amide bonds. The summed E-state index contributed by atoms with van der Waals surface area (Å²) in [5, 5.41) is 7.87. The lowest BCUT2D eigenvalue weighted by molar-refractivity contribution is -0.141. The Morgan fingerprint density at radius 3 is 2.39 bits per heavy atom. The number of hydrogen-bond donors (Lipinski definition) is 2. The molecule has 1 aromatic rings. The van der Waals surface area contributed by atoms with E-state index in [9.17, 15) is 13.2 Å². The van der Waals surface area contributed by atoms with Gasteiger partial charge in [0.25, 0.3) is 0 Å². The number of sulfonamides is 1. The Morgan fingerprint density at radius 2 is 1.94 bits per heavy atom. The van der Waals surface area contributed by atoms with Crippen LogP contribution in [0, 0.1) is 0 Å². The SMILES string of the molecule is COC(=O)C(C)Nc1ccc(CS(N)(=O)=O)cc1. The fourth-order valence-electron chi connectivity index (χ4n) is 1.42. The summed E-state index contributed by atoms with van der Waals surface area (Å²) in [5.74, 6) is -0.580. The van der Waals surface area contributed by atoms with Crippen molar-refractivity contribution in [1.82, 2.24) is 0 Å². The number of nitrogens with two attached hydrogens (primary N) is 1. The minimum atomic E-state index is -3.52. The van der Waals surface area contributed by atoms with Gasteiger partial charge in [0.15, 0.2) is 0 Å². The van der Waals surface area contributed by atoms with Gasteiger partial charge in [-0.15, -0.1) is 0 Å². The molecule has 0 spiro atoms. The first-order valence-electron chi connectivity index (χ1n) is 5.25. The van der Waals surface area contributed by atoms with Gasteiger partial charge in [-0.1, -0.05) is 12.1 Å². The summed E-state index contributed by atoms with van der Waals surface area (Å²) in [6.07, 6.45) is 0. The van der Waals surface area contributed by atoms with Crippen LogP contribution in [0.4, 0.5) is 5.69 Å². The van der Waals surface area contributed by atoms with Gasteiger partial charge >= 0.3 is 5.97 Å². The number of carbonyl (C=O) groups excluding carboxylic acids is 1. The van der Waals surface area contributed by atoms with E-state index in [0.717, 1.165) is 0 Å². The van der Waals surface area contributed by atoms with E-state index >= 15 is 0 Å². The van der Waals surface area contributed by atoms with Crippen LogP contribution in [0.3, 0.4) is 0 Å². The number of anilines is 1. The van der Waals surface area contributed by atoms with Crippen LogP contribution < -0.4 is 10.5 Å². The molecule has 0 heterocycles. The largest absolute Gasteiger partial charge is 0.467 e. The molecule has 0 aliphatic carbocycles. The molecule has 100 valence electrons. The van der Waals surface area contributed by atoms with E-state index in [1.165, 1.54) is 7.11 Å². The summed E-state index contributed by atoms with van der Waals surface area (Å²) in [6.45, 7) is 1.67. The average molecular weight is 272 g/mol. The van der Waals surface area contributed by atoms with Crippen molar-refractivity contribution < 1.29 is 17.9 Å². The van der Waals surface area contributed by atoms with Crippen LogP contribution >= 0.6 is 0 Å². The minimum absolute atomic E-state index is 0.208. The smallest absolute Gasteiger partial charge is 0.327 e. The maximum atomic E-state index is 11.2. The standard InChI is InChI=1S/C11H16N2O4S/c1-8(11(14)17-2)13-10-5-3-9(4-6-10)7-18(12,15)16/h3-6,8,13H,7H2,1-2H3,(H2,12,15,16).